The summed E-state index contributed by atoms with van der Waals surface area (Å²) in [4.78, 5) is 18.9. The smallest absolute Gasteiger partial charge is 0.238 e. The number of fused-ring (bicyclic) bond motifs is 1. The van der Waals surface area contributed by atoms with Gasteiger partial charge in [0.05, 0.1) is 11.2 Å². The SMILES string of the molecule is NS(=O)(=O)c1cccc(Nc2nc(NC3CCN(Cc4ccccc4)CC3)c3[nH]cnc3n2)c1. The van der Waals surface area contributed by atoms with E-state index in [0.29, 0.717) is 23.1 Å². The molecular formula is C23H26N8O2S. The Balaban J connectivity index is 1.29. The first kappa shape index (κ1) is 22.3. The van der Waals surface area contributed by atoms with Gasteiger partial charge in [0.1, 0.15) is 5.52 Å². The number of nitrogens with one attached hydrogen (secondary N) is 3. The number of likely N-dealkylation sites (tertiary alicyclic amines) is 1. The van der Waals surface area contributed by atoms with Crippen LogP contribution in [-0.2, 0) is 16.6 Å². The van der Waals surface area contributed by atoms with Crippen LogP contribution in [0.5, 0.6) is 0 Å². The largest absolute Gasteiger partial charge is 0.365 e. The normalized spacial score (nSPS) is 15.4. The molecule has 34 heavy (non-hydrogen) atoms. The zero-order valence-corrected chi connectivity index (χ0v) is 19.3. The Hall–Kier alpha value is -3.54. The van der Waals surface area contributed by atoms with Gasteiger partial charge in [-0.25, -0.2) is 18.5 Å². The third-order valence-electron chi connectivity index (χ3n) is 5.88. The predicted molar refractivity (Wildman–Crippen MR) is 131 cm³/mol. The zero-order chi connectivity index (χ0) is 23.5. The molecule has 2 aromatic carbocycles. The minimum Gasteiger partial charge on any atom is -0.365 e. The maximum absolute atomic E-state index is 11.7. The maximum atomic E-state index is 11.7. The lowest BCUT2D eigenvalue weighted by Crippen LogP contribution is -2.38. The highest BCUT2D eigenvalue weighted by molar-refractivity contribution is 7.89. The Morgan fingerprint density at radius 3 is 2.62 bits per heavy atom. The van der Waals surface area contributed by atoms with Gasteiger partial charge in [-0.3, -0.25) is 4.90 Å². The molecule has 176 valence electrons. The molecule has 1 aliphatic rings. The number of aromatic nitrogens is 4. The number of nitrogens with two attached hydrogens (primary N) is 1. The summed E-state index contributed by atoms with van der Waals surface area (Å²) in [5, 5.41) is 11.9. The summed E-state index contributed by atoms with van der Waals surface area (Å²) < 4.78 is 23.3. The summed E-state index contributed by atoms with van der Waals surface area (Å²) in [5.41, 5.74) is 3.09. The van der Waals surface area contributed by atoms with Crippen molar-refractivity contribution in [2.75, 3.05) is 23.7 Å². The molecule has 5 rings (SSSR count). The van der Waals surface area contributed by atoms with E-state index >= 15 is 0 Å². The monoisotopic (exact) mass is 478 g/mol. The van der Waals surface area contributed by atoms with Gasteiger partial charge in [0.15, 0.2) is 11.5 Å². The molecule has 11 heteroatoms. The number of hydrogen-bond acceptors (Lipinski definition) is 8. The Morgan fingerprint density at radius 1 is 1.06 bits per heavy atom. The van der Waals surface area contributed by atoms with Crippen LogP contribution in [0.2, 0.25) is 0 Å². The molecule has 1 saturated heterocycles. The van der Waals surface area contributed by atoms with Crippen LogP contribution in [0.4, 0.5) is 17.5 Å². The van der Waals surface area contributed by atoms with Gasteiger partial charge < -0.3 is 15.6 Å². The van der Waals surface area contributed by atoms with Crippen LogP contribution >= 0.6 is 0 Å². The fourth-order valence-corrected chi connectivity index (χ4v) is 4.70. The van der Waals surface area contributed by atoms with Crippen molar-refractivity contribution in [3.8, 4) is 0 Å². The third-order valence-corrected chi connectivity index (χ3v) is 6.79. The molecule has 1 fully saturated rings. The van der Waals surface area contributed by atoms with E-state index in [-0.39, 0.29) is 10.9 Å². The van der Waals surface area contributed by atoms with Crippen molar-refractivity contribution in [2.45, 2.75) is 30.3 Å². The number of hydrogen-bond donors (Lipinski definition) is 4. The Morgan fingerprint density at radius 2 is 1.85 bits per heavy atom. The summed E-state index contributed by atoms with van der Waals surface area (Å²) in [6.07, 6.45) is 3.57. The van der Waals surface area contributed by atoms with E-state index in [9.17, 15) is 8.42 Å². The van der Waals surface area contributed by atoms with E-state index in [1.54, 1.807) is 18.5 Å². The standard InChI is InChI=1S/C23H26N8O2S/c24-34(32,33)19-8-4-7-18(13-19)28-23-29-21-20(25-15-26-21)22(30-23)27-17-9-11-31(12-10-17)14-16-5-2-1-3-6-16/h1-8,13,15,17H,9-12,14H2,(H2,24,32,33)(H3,25,26,27,28,29,30). The molecule has 3 heterocycles. The third kappa shape index (κ3) is 5.16. The van der Waals surface area contributed by atoms with E-state index in [1.807, 2.05) is 6.07 Å². The molecule has 10 nitrogen and oxygen atoms in total. The molecule has 0 aliphatic carbocycles. The van der Waals surface area contributed by atoms with E-state index in [2.05, 4.69) is 59.7 Å². The topological polar surface area (TPSA) is 142 Å². The second-order valence-corrected chi connectivity index (χ2v) is 9.94. The van der Waals surface area contributed by atoms with Crippen molar-refractivity contribution in [1.29, 1.82) is 0 Å². The number of sulfonamides is 1. The molecule has 0 bridgehead atoms. The van der Waals surface area contributed by atoms with Gasteiger partial charge in [-0.2, -0.15) is 9.97 Å². The number of rotatable bonds is 7. The highest BCUT2D eigenvalue weighted by Gasteiger charge is 2.21. The lowest BCUT2D eigenvalue weighted by Gasteiger charge is -2.32. The van der Waals surface area contributed by atoms with Gasteiger partial charge in [0, 0.05) is 31.4 Å². The molecule has 4 aromatic rings. The summed E-state index contributed by atoms with van der Waals surface area (Å²) in [6.45, 7) is 2.95. The van der Waals surface area contributed by atoms with Gasteiger partial charge in [0.25, 0.3) is 0 Å². The quantitative estimate of drug-likeness (QED) is 0.318. The number of H-pyrrole nitrogens is 1. The van der Waals surface area contributed by atoms with Crippen LogP contribution in [0.1, 0.15) is 18.4 Å². The average molecular weight is 479 g/mol. The second kappa shape index (κ2) is 9.37. The van der Waals surface area contributed by atoms with Gasteiger partial charge >= 0.3 is 0 Å². The molecular weight excluding hydrogens is 452 g/mol. The zero-order valence-electron chi connectivity index (χ0n) is 18.5. The van der Waals surface area contributed by atoms with E-state index < -0.39 is 10.0 Å². The van der Waals surface area contributed by atoms with Crippen LogP contribution in [0.25, 0.3) is 11.2 Å². The average Bonchev–Trinajstić information content (AvgIpc) is 3.30. The highest BCUT2D eigenvalue weighted by Crippen LogP contribution is 2.25. The van der Waals surface area contributed by atoms with E-state index in [0.717, 1.165) is 38.0 Å². The van der Waals surface area contributed by atoms with E-state index in [1.165, 1.54) is 17.7 Å². The summed E-state index contributed by atoms with van der Waals surface area (Å²) in [7, 11) is -3.81. The first-order chi connectivity index (χ1) is 16.4. The van der Waals surface area contributed by atoms with Crippen molar-refractivity contribution >= 4 is 38.6 Å². The number of primary sulfonamides is 1. The summed E-state index contributed by atoms with van der Waals surface area (Å²) in [5.74, 6) is 0.976. The first-order valence-corrected chi connectivity index (χ1v) is 12.6. The summed E-state index contributed by atoms with van der Waals surface area (Å²) in [6, 6.07) is 17.0. The van der Waals surface area contributed by atoms with Gasteiger partial charge in [0.2, 0.25) is 16.0 Å². The number of aromatic amines is 1. The van der Waals surface area contributed by atoms with Gasteiger partial charge in [-0.05, 0) is 36.6 Å². The van der Waals surface area contributed by atoms with Gasteiger partial charge in [-0.1, -0.05) is 36.4 Å². The number of anilines is 3. The molecule has 0 atom stereocenters. The fraction of sp³-hybridized carbons (Fsp3) is 0.261. The highest BCUT2D eigenvalue weighted by atomic mass is 32.2. The number of nitrogens with zero attached hydrogens (tertiary/aromatic N) is 4. The van der Waals surface area contributed by atoms with Crippen molar-refractivity contribution in [3.05, 3.63) is 66.5 Å². The van der Waals surface area contributed by atoms with Crippen LogP contribution < -0.4 is 15.8 Å². The lowest BCUT2D eigenvalue weighted by atomic mass is 10.0. The number of imidazole rings is 1. The van der Waals surface area contributed by atoms with Gasteiger partial charge in [-0.15, -0.1) is 0 Å². The first-order valence-electron chi connectivity index (χ1n) is 11.1. The van der Waals surface area contributed by atoms with Crippen molar-refractivity contribution < 1.29 is 8.42 Å². The van der Waals surface area contributed by atoms with Crippen LogP contribution in [0.3, 0.4) is 0 Å². The van der Waals surface area contributed by atoms with Crippen molar-refractivity contribution in [3.63, 3.8) is 0 Å². The molecule has 2 aromatic heterocycles. The minimum absolute atomic E-state index is 0.0129. The molecule has 0 radical (unpaired) electrons. The Labute approximate surface area is 197 Å². The molecule has 5 N–H and O–H groups in total. The van der Waals surface area contributed by atoms with Crippen molar-refractivity contribution in [1.82, 2.24) is 24.8 Å². The molecule has 0 unspecified atom stereocenters. The Kier molecular flexibility index (Phi) is 6.14. The molecule has 1 aliphatic heterocycles. The summed E-state index contributed by atoms with van der Waals surface area (Å²) >= 11 is 0. The number of piperidine rings is 1. The fourth-order valence-electron chi connectivity index (χ4n) is 4.14. The minimum atomic E-state index is -3.81. The van der Waals surface area contributed by atoms with Crippen molar-refractivity contribution in [2.24, 2.45) is 5.14 Å². The van der Waals surface area contributed by atoms with E-state index in [4.69, 9.17) is 5.14 Å². The predicted octanol–water partition coefficient (Wildman–Crippen LogP) is 2.82. The second-order valence-electron chi connectivity index (χ2n) is 8.38. The molecule has 0 saturated carbocycles. The molecule has 0 amide bonds. The van der Waals surface area contributed by atoms with Crippen LogP contribution in [-0.4, -0.2) is 52.4 Å². The molecule has 0 spiro atoms. The number of benzene rings is 2. The maximum Gasteiger partial charge on any atom is 0.238 e. The van der Waals surface area contributed by atoms with Crippen LogP contribution in [0, 0.1) is 0 Å². The Bertz CT molecular complexity index is 1380. The lowest BCUT2D eigenvalue weighted by molar-refractivity contribution is 0.211. The van der Waals surface area contributed by atoms with Crippen LogP contribution in [0.15, 0.2) is 65.8 Å².